The van der Waals surface area contributed by atoms with E-state index in [9.17, 15) is 9.59 Å². The summed E-state index contributed by atoms with van der Waals surface area (Å²) in [6, 6.07) is 7.80. The first kappa shape index (κ1) is 19.7. The van der Waals surface area contributed by atoms with Gasteiger partial charge in [0.15, 0.2) is 0 Å². The summed E-state index contributed by atoms with van der Waals surface area (Å²) >= 11 is 0. The Morgan fingerprint density at radius 2 is 1.68 bits per heavy atom. The van der Waals surface area contributed by atoms with Crippen LogP contribution < -0.4 is 11.1 Å². The van der Waals surface area contributed by atoms with Crippen molar-refractivity contribution in [2.24, 2.45) is 5.73 Å². The van der Waals surface area contributed by atoms with Crippen molar-refractivity contribution >= 4 is 24.2 Å². The van der Waals surface area contributed by atoms with Crippen molar-refractivity contribution in [1.29, 1.82) is 0 Å². The number of rotatable bonds is 3. The summed E-state index contributed by atoms with van der Waals surface area (Å²) in [6.45, 7) is 3.36. The lowest BCUT2D eigenvalue weighted by atomic mass is 9.96. The molecule has 0 atom stereocenters. The SMILES string of the molecule is Cc1ccc(C(=O)N2CCC(NC(=O)C3(N)CCCC3)CC2)cc1.Cl. The monoisotopic (exact) mass is 365 g/mol. The fourth-order valence-electron chi connectivity index (χ4n) is 3.67. The van der Waals surface area contributed by atoms with E-state index in [0.717, 1.165) is 49.7 Å². The number of aryl methyl sites for hydroxylation is 1. The molecule has 138 valence electrons. The van der Waals surface area contributed by atoms with Crippen molar-refractivity contribution in [3.8, 4) is 0 Å². The van der Waals surface area contributed by atoms with Gasteiger partial charge in [0.25, 0.3) is 5.91 Å². The summed E-state index contributed by atoms with van der Waals surface area (Å²) in [5, 5.41) is 3.11. The molecule has 2 amide bonds. The molecular weight excluding hydrogens is 338 g/mol. The molecule has 5 nitrogen and oxygen atoms in total. The van der Waals surface area contributed by atoms with Gasteiger partial charge in [0.05, 0.1) is 5.54 Å². The summed E-state index contributed by atoms with van der Waals surface area (Å²) in [5.74, 6) is 0.0641. The van der Waals surface area contributed by atoms with Crippen molar-refractivity contribution in [1.82, 2.24) is 10.2 Å². The predicted octanol–water partition coefficient (Wildman–Crippen LogP) is 2.41. The Labute approximate surface area is 155 Å². The minimum atomic E-state index is -0.672. The predicted molar refractivity (Wildman–Crippen MR) is 101 cm³/mol. The summed E-state index contributed by atoms with van der Waals surface area (Å²) in [5.41, 5.74) is 7.42. The van der Waals surface area contributed by atoms with Crippen LogP contribution in [0, 0.1) is 6.92 Å². The molecule has 0 spiro atoms. The van der Waals surface area contributed by atoms with E-state index >= 15 is 0 Å². The molecule has 3 N–H and O–H groups in total. The van der Waals surface area contributed by atoms with Gasteiger partial charge in [-0.3, -0.25) is 9.59 Å². The van der Waals surface area contributed by atoms with E-state index in [2.05, 4.69) is 5.32 Å². The number of likely N-dealkylation sites (tertiary alicyclic amines) is 1. The highest BCUT2D eigenvalue weighted by Crippen LogP contribution is 2.27. The number of nitrogens with zero attached hydrogens (tertiary/aromatic N) is 1. The number of hydrogen-bond donors (Lipinski definition) is 2. The normalized spacial score (nSPS) is 20.0. The van der Waals surface area contributed by atoms with Crippen LogP contribution >= 0.6 is 12.4 Å². The third kappa shape index (κ3) is 4.53. The molecule has 2 aliphatic rings. The van der Waals surface area contributed by atoms with E-state index in [4.69, 9.17) is 5.73 Å². The molecule has 0 unspecified atom stereocenters. The number of amides is 2. The minimum Gasteiger partial charge on any atom is -0.352 e. The molecule has 25 heavy (non-hydrogen) atoms. The van der Waals surface area contributed by atoms with Crippen molar-refractivity contribution in [3.63, 3.8) is 0 Å². The van der Waals surface area contributed by atoms with Crippen LogP contribution in [0.1, 0.15) is 54.4 Å². The molecule has 3 rings (SSSR count). The van der Waals surface area contributed by atoms with Crippen LogP contribution in [0.5, 0.6) is 0 Å². The molecule has 0 bridgehead atoms. The van der Waals surface area contributed by atoms with Crippen LogP contribution in [-0.4, -0.2) is 41.4 Å². The Morgan fingerprint density at radius 1 is 1.12 bits per heavy atom. The first-order chi connectivity index (χ1) is 11.5. The van der Waals surface area contributed by atoms with Crippen LogP contribution in [0.3, 0.4) is 0 Å². The zero-order chi connectivity index (χ0) is 17.2. The third-order valence-corrected chi connectivity index (χ3v) is 5.36. The average molecular weight is 366 g/mol. The Kier molecular flexibility index (Phi) is 6.47. The lowest BCUT2D eigenvalue weighted by Crippen LogP contribution is -2.56. The van der Waals surface area contributed by atoms with Crippen LogP contribution in [0.2, 0.25) is 0 Å². The Morgan fingerprint density at radius 3 is 2.24 bits per heavy atom. The highest BCUT2D eigenvalue weighted by molar-refractivity contribution is 5.94. The Bertz CT molecular complexity index is 604. The number of carbonyl (C=O) groups is 2. The van der Waals surface area contributed by atoms with E-state index in [-0.39, 0.29) is 30.3 Å². The van der Waals surface area contributed by atoms with Gasteiger partial charge in [0.2, 0.25) is 5.91 Å². The van der Waals surface area contributed by atoms with Gasteiger partial charge in [0.1, 0.15) is 0 Å². The standard InChI is InChI=1S/C19H27N3O2.ClH/c1-14-4-6-15(7-5-14)17(23)22-12-8-16(9-13-22)21-18(24)19(20)10-2-3-11-19;/h4-7,16H,2-3,8-13,20H2,1H3,(H,21,24);1H. The fraction of sp³-hybridized carbons (Fsp3) is 0.579. The molecule has 0 aromatic heterocycles. The van der Waals surface area contributed by atoms with Gasteiger partial charge in [0, 0.05) is 24.7 Å². The second kappa shape index (κ2) is 8.19. The van der Waals surface area contributed by atoms with Gasteiger partial charge in [-0.05, 0) is 44.7 Å². The molecule has 1 saturated heterocycles. The lowest BCUT2D eigenvalue weighted by molar-refractivity contribution is -0.127. The molecule has 6 heteroatoms. The molecule has 1 aromatic rings. The second-order valence-electron chi connectivity index (χ2n) is 7.27. The van der Waals surface area contributed by atoms with Crippen LogP contribution in [0.25, 0.3) is 0 Å². The number of nitrogens with one attached hydrogen (secondary N) is 1. The van der Waals surface area contributed by atoms with E-state index in [0.29, 0.717) is 13.1 Å². The molecule has 1 heterocycles. The van der Waals surface area contributed by atoms with E-state index in [1.54, 1.807) is 0 Å². The maximum absolute atomic E-state index is 12.5. The number of benzene rings is 1. The molecule has 1 aliphatic carbocycles. The molecular formula is C19H28ClN3O2. The highest BCUT2D eigenvalue weighted by Gasteiger charge is 2.38. The van der Waals surface area contributed by atoms with E-state index in [1.807, 2.05) is 36.1 Å². The maximum Gasteiger partial charge on any atom is 0.253 e. The smallest absolute Gasteiger partial charge is 0.253 e. The fourth-order valence-corrected chi connectivity index (χ4v) is 3.67. The van der Waals surface area contributed by atoms with Crippen LogP contribution in [0.4, 0.5) is 0 Å². The number of hydrogen-bond acceptors (Lipinski definition) is 3. The van der Waals surface area contributed by atoms with Crippen LogP contribution in [0.15, 0.2) is 24.3 Å². The van der Waals surface area contributed by atoms with E-state index < -0.39 is 5.54 Å². The van der Waals surface area contributed by atoms with Gasteiger partial charge >= 0.3 is 0 Å². The topological polar surface area (TPSA) is 75.4 Å². The summed E-state index contributed by atoms with van der Waals surface area (Å²) in [6.07, 6.45) is 5.22. The third-order valence-electron chi connectivity index (χ3n) is 5.36. The zero-order valence-corrected chi connectivity index (χ0v) is 15.6. The molecule has 1 aliphatic heterocycles. The van der Waals surface area contributed by atoms with Gasteiger partial charge in [-0.1, -0.05) is 30.5 Å². The average Bonchev–Trinajstić information content (AvgIpc) is 3.04. The van der Waals surface area contributed by atoms with E-state index in [1.165, 1.54) is 0 Å². The summed E-state index contributed by atoms with van der Waals surface area (Å²) in [7, 11) is 0. The molecule has 1 saturated carbocycles. The first-order valence-corrected chi connectivity index (χ1v) is 8.94. The van der Waals surface area contributed by atoms with Crippen molar-refractivity contribution in [3.05, 3.63) is 35.4 Å². The maximum atomic E-state index is 12.5. The number of nitrogens with two attached hydrogens (primary N) is 1. The molecule has 1 aromatic carbocycles. The largest absolute Gasteiger partial charge is 0.352 e. The quantitative estimate of drug-likeness (QED) is 0.863. The summed E-state index contributed by atoms with van der Waals surface area (Å²) < 4.78 is 0. The minimum absolute atomic E-state index is 0. The summed E-state index contributed by atoms with van der Waals surface area (Å²) in [4.78, 5) is 26.8. The van der Waals surface area contributed by atoms with Gasteiger partial charge in [-0.2, -0.15) is 0 Å². The molecule has 2 fully saturated rings. The van der Waals surface area contributed by atoms with Crippen LogP contribution in [-0.2, 0) is 4.79 Å². The zero-order valence-electron chi connectivity index (χ0n) is 14.8. The van der Waals surface area contributed by atoms with Gasteiger partial charge < -0.3 is 16.0 Å². The first-order valence-electron chi connectivity index (χ1n) is 8.94. The Balaban J connectivity index is 0.00000225. The van der Waals surface area contributed by atoms with Crippen molar-refractivity contribution < 1.29 is 9.59 Å². The number of piperidine rings is 1. The van der Waals surface area contributed by atoms with Gasteiger partial charge in [-0.25, -0.2) is 0 Å². The number of halogens is 1. The number of carbonyl (C=O) groups excluding carboxylic acids is 2. The van der Waals surface area contributed by atoms with Crippen molar-refractivity contribution in [2.75, 3.05) is 13.1 Å². The van der Waals surface area contributed by atoms with Gasteiger partial charge in [-0.15, -0.1) is 12.4 Å². The second-order valence-corrected chi connectivity index (χ2v) is 7.27. The molecule has 0 radical (unpaired) electrons. The van der Waals surface area contributed by atoms with Crippen molar-refractivity contribution in [2.45, 2.75) is 57.0 Å². The Hall–Kier alpha value is -1.59. The lowest BCUT2D eigenvalue weighted by Gasteiger charge is -2.34. The highest BCUT2D eigenvalue weighted by atomic mass is 35.5.